The van der Waals surface area contributed by atoms with Crippen LogP contribution < -0.4 is 11.3 Å². The quantitative estimate of drug-likeness (QED) is 0.598. The summed E-state index contributed by atoms with van der Waals surface area (Å²) in [5.74, 6) is -0.205. The molecule has 3 atom stereocenters. The molecule has 2 aromatic rings. The van der Waals surface area contributed by atoms with Gasteiger partial charge in [-0.05, 0) is 11.8 Å². The molecule has 5 N–H and O–H groups in total. The predicted molar refractivity (Wildman–Crippen MR) is 76.6 cm³/mol. The summed E-state index contributed by atoms with van der Waals surface area (Å²) in [6, 6.07) is -0.122. The second-order valence-electron chi connectivity index (χ2n) is 6.20. The van der Waals surface area contributed by atoms with Crippen LogP contribution in [0, 0.1) is 11.3 Å². The smallest absolute Gasteiger partial charge is 0.280 e. The molecule has 3 rings (SSSR count). The lowest BCUT2D eigenvalue weighted by atomic mass is 9.79. The van der Waals surface area contributed by atoms with E-state index >= 15 is 0 Å². The van der Waals surface area contributed by atoms with E-state index in [-0.39, 0.29) is 41.0 Å². The highest BCUT2D eigenvalue weighted by Crippen LogP contribution is 2.50. The van der Waals surface area contributed by atoms with Crippen LogP contribution in [0.25, 0.3) is 11.2 Å². The van der Waals surface area contributed by atoms with E-state index in [0.29, 0.717) is 12.1 Å². The minimum Gasteiger partial charge on any atom is -0.396 e. The number of aromatic nitrogens is 4. The minimum absolute atomic E-state index is 0.0318. The molecule has 2 aromatic heterocycles. The summed E-state index contributed by atoms with van der Waals surface area (Å²) >= 11 is 0. The van der Waals surface area contributed by atoms with Gasteiger partial charge in [0.1, 0.15) is 0 Å². The number of rotatable bonds is 2. The Morgan fingerprint density at radius 2 is 2.29 bits per heavy atom. The zero-order chi connectivity index (χ0) is 15.4. The van der Waals surface area contributed by atoms with Crippen molar-refractivity contribution >= 4 is 17.1 Å². The highest BCUT2D eigenvalue weighted by molar-refractivity contribution is 5.70. The van der Waals surface area contributed by atoms with Crippen molar-refractivity contribution in [2.24, 2.45) is 11.3 Å². The number of hydrogen-bond donors (Lipinski definition) is 4. The Balaban J connectivity index is 2.15. The van der Waals surface area contributed by atoms with E-state index in [2.05, 4.69) is 15.0 Å². The average Bonchev–Trinajstić information content (AvgIpc) is 2.88. The highest BCUT2D eigenvalue weighted by atomic mass is 16.3. The van der Waals surface area contributed by atoms with Gasteiger partial charge in [0.25, 0.3) is 5.56 Å². The normalized spacial score (nSPS) is 28.3. The van der Waals surface area contributed by atoms with Gasteiger partial charge in [-0.2, -0.15) is 4.98 Å². The zero-order valence-electron chi connectivity index (χ0n) is 11.9. The zero-order valence-corrected chi connectivity index (χ0v) is 11.9. The van der Waals surface area contributed by atoms with E-state index < -0.39 is 6.10 Å². The Morgan fingerprint density at radius 3 is 2.90 bits per heavy atom. The van der Waals surface area contributed by atoms with Gasteiger partial charge in [-0.25, -0.2) is 4.98 Å². The maximum Gasteiger partial charge on any atom is 0.280 e. The Bertz CT molecular complexity index is 735. The topological polar surface area (TPSA) is 130 Å². The standard InChI is InChI=1S/C13H19N5O3/c1-13(2)6(4-19)7(20)3-8(13)18-5-15-9-10(18)16-12(14)17-11(9)21/h5-8,19-20H,3-4H2,1-2H3,(H3,14,16,17,21). The molecular weight excluding hydrogens is 274 g/mol. The van der Waals surface area contributed by atoms with Crippen LogP contribution in [0.5, 0.6) is 0 Å². The first-order chi connectivity index (χ1) is 9.86. The summed E-state index contributed by atoms with van der Waals surface area (Å²) in [5, 5.41) is 19.7. The van der Waals surface area contributed by atoms with Crippen molar-refractivity contribution in [3.05, 3.63) is 16.7 Å². The van der Waals surface area contributed by atoms with Gasteiger partial charge in [0.15, 0.2) is 11.2 Å². The van der Waals surface area contributed by atoms with Gasteiger partial charge in [0.05, 0.1) is 12.4 Å². The van der Waals surface area contributed by atoms with E-state index in [9.17, 15) is 15.0 Å². The number of anilines is 1. The first-order valence-electron chi connectivity index (χ1n) is 6.87. The van der Waals surface area contributed by atoms with Crippen molar-refractivity contribution < 1.29 is 10.2 Å². The molecule has 0 saturated heterocycles. The number of nitrogens with zero attached hydrogens (tertiary/aromatic N) is 3. The van der Waals surface area contributed by atoms with Crippen molar-refractivity contribution in [2.75, 3.05) is 12.3 Å². The van der Waals surface area contributed by atoms with Gasteiger partial charge >= 0.3 is 0 Å². The van der Waals surface area contributed by atoms with E-state index in [1.807, 2.05) is 13.8 Å². The Kier molecular flexibility index (Phi) is 3.03. The molecule has 0 radical (unpaired) electrons. The summed E-state index contributed by atoms with van der Waals surface area (Å²) in [7, 11) is 0. The van der Waals surface area contributed by atoms with Crippen molar-refractivity contribution in [1.29, 1.82) is 0 Å². The van der Waals surface area contributed by atoms with Gasteiger partial charge in [-0.15, -0.1) is 0 Å². The molecule has 1 aliphatic rings. The molecule has 8 heteroatoms. The van der Waals surface area contributed by atoms with Gasteiger partial charge in [-0.1, -0.05) is 13.8 Å². The van der Waals surface area contributed by atoms with E-state index in [1.54, 1.807) is 10.9 Å². The van der Waals surface area contributed by atoms with E-state index in [4.69, 9.17) is 5.73 Å². The van der Waals surface area contributed by atoms with Crippen LogP contribution in [0.1, 0.15) is 26.3 Å². The van der Waals surface area contributed by atoms with E-state index in [0.717, 1.165) is 0 Å². The van der Waals surface area contributed by atoms with Crippen molar-refractivity contribution in [1.82, 2.24) is 19.5 Å². The maximum atomic E-state index is 11.8. The molecule has 114 valence electrons. The third-order valence-electron chi connectivity index (χ3n) is 4.73. The number of aliphatic hydroxyl groups is 2. The molecule has 8 nitrogen and oxygen atoms in total. The average molecular weight is 293 g/mol. The number of nitrogens with one attached hydrogen (secondary N) is 1. The van der Waals surface area contributed by atoms with Crippen LogP contribution in [0.4, 0.5) is 5.95 Å². The van der Waals surface area contributed by atoms with Gasteiger partial charge in [0.2, 0.25) is 5.95 Å². The number of nitrogen functional groups attached to an aromatic ring is 1. The lowest BCUT2D eigenvalue weighted by molar-refractivity contribution is 0.0424. The Labute approximate surface area is 120 Å². The largest absolute Gasteiger partial charge is 0.396 e. The molecule has 3 unspecified atom stereocenters. The molecule has 0 aliphatic heterocycles. The number of imidazole rings is 1. The van der Waals surface area contributed by atoms with Crippen LogP contribution in [0.3, 0.4) is 0 Å². The monoisotopic (exact) mass is 293 g/mol. The number of fused-ring (bicyclic) bond motifs is 1. The van der Waals surface area contributed by atoms with E-state index in [1.165, 1.54) is 0 Å². The molecule has 0 aromatic carbocycles. The fourth-order valence-corrected chi connectivity index (χ4v) is 3.44. The third-order valence-corrected chi connectivity index (χ3v) is 4.73. The van der Waals surface area contributed by atoms with Crippen molar-refractivity contribution in [3.8, 4) is 0 Å². The number of H-pyrrole nitrogens is 1. The minimum atomic E-state index is -0.605. The Morgan fingerprint density at radius 1 is 1.57 bits per heavy atom. The summed E-state index contributed by atoms with van der Waals surface area (Å²) in [6.45, 7) is 3.88. The second kappa shape index (κ2) is 4.54. The molecule has 0 spiro atoms. The van der Waals surface area contributed by atoms with Crippen LogP contribution in [-0.2, 0) is 0 Å². The van der Waals surface area contributed by atoms with Crippen molar-refractivity contribution in [3.63, 3.8) is 0 Å². The molecule has 1 aliphatic carbocycles. The van der Waals surface area contributed by atoms with Crippen LogP contribution in [0.15, 0.2) is 11.1 Å². The number of aromatic amines is 1. The molecule has 0 amide bonds. The van der Waals surface area contributed by atoms with Crippen LogP contribution in [-0.4, -0.2) is 42.4 Å². The number of nitrogens with two attached hydrogens (primary N) is 1. The predicted octanol–water partition coefficient (Wildman–Crippen LogP) is -0.358. The summed E-state index contributed by atoms with van der Waals surface area (Å²) in [5.41, 5.74) is 5.49. The van der Waals surface area contributed by atoms with Gasteiger partial charge < -0.3 is 20.5 Å². The first-order valence-corrected chi connectivity index (χ1v) is 6.87. The lowest BCUT2D eigenvalue weighted by Gasteiger charge is -2.33. The highest BCUT2D eigenvalue weighted by Gasteiger charge is 2.49. The van der Waals surface area contributed by atoms with Crippen LogP contribution in [0.2, 0.25) is 0 Å². The van der Waals surface area contributed by atoms with Gasteiger partial charge in [0, 0.05) is 18.6 Å². The summed E-state index contributed by atoms with van der Waals surface area (Å²) in [4.78, 5) is 22.5. The summed E-state index contributed by atoms with van der Waals surface area (Å²) in [6.07, 6.45) is 1.41. The molecule has 0 bridgehead atoms. The Hall–Kier alpha value is -1.93. The fraction of sp³-hybridized carbons (Fsp3) is 0.615. The molecule has 1 saturated carbocycles. The molecule has 21 heavy (non-hydrogen) atoms. The van der Waals surface area contributed by atoms with Crippen molar-refractivity contribution in [2.45, 2.75) is 32.4 Å². The van der Waals surface area contributed by atoms with Crippen LogP contribution >= 0.6 is 0 Å². The molecular formula is C13H19N5O3. The van der Waals surface area contributed by atoms with Gasteiger partial charge in [-0.3, -0.25) is 9.78 Å². The SMILES string of the molecule is CC1(C)C(CO)C(O)CC1n1cnc2c(=O)[nH]c(N)nc21. The lowest BCUT2D eigenvalue weighted by Crippen LogP contribution is -2.32. The molecule has 1 fully saturated rings. The number of aliphatic hydroxyl groups excluding tert-OH is 2. The maximum absolute atomic E-state index is 11.8. The fourth-order valence-electron chi connectivity index (χ4n) is 3.44. The molecule has 2 heterocycles. The second-order valence-corrected chi connectivity index (χ2v) is 6.20. The summed E-state index contributed by atoms with van der Waals surface area (Å²) < 4.78 is 1.78. The third kappa shape index (κ3) is 1.94. The first kappa shape index (κ1) is 14.0. The number of hydrogen-bond acceptors (Lipinski definition) is 6.